The minimum atomic E-state index is -0.462. The predicted octanol–water partition coefficient (Wildman–Crippen LogP) is 2.07. The number of rotatable bonds is 3. The Labute approximate surface area is 105 Å². The van der Waals surface area contributed by atoms with Crippen LogP contribution in [-0.2, 0) is 4.74 Å². The lowest BCUT2D eigenvalue weighted by Gasteiger charge is -2.09. The van der Waals surface area contributed by atoms with Gasteiger partial charge in [-0.15, -0.1) is 0 Å². The van der Waals surface area contributed by atoms with E-state index in [0.29, 0.717) is 11.3 Å². The number of hydrogen-bond donors (Lipinski definition) is 1. The fourth-order valence-electron chi connectivity index (χ4n) is 1.75. The molecule has 1 aromatic heterocycles. The van der Waals surface area contributed by atoms with Crippen molar-refractivity contribution < 1.29 is 14.3 Å². The predicted molar refractivity (Wildman–Crippen MR) is 69.2 cm³/mol. The molecule has 18 heavy (non-hydrogen) atoms. The number of hydrogen-bond acceptors (Lipinski definition) is 5. The lowest BCUT2D eigenvalue weighted by molar-refractivity contribution is 0.0594. The van der Waals surface area contributed by atoms with Crippen LogP contribution in [0.3, 0.4) is 0 Å². The SMILES string of the molecule is CNc1cc(C(=O)OC)nc2cc(OC)ccc12. The summed E-state index contributed by atoms with van der Waals surface area (Å²) in [5.41, 5.74) is 1.77. The summed E-state index contributed by atoms with van der Waals surface area (Å²) >= 11 is 0. The molecule has 0 atom stereocenters. The molecule has 0 amide bonds. The second-order valence-electron chi connectivity index (χ2n) is 3.68. The minimum absolute atomic E-state index is 0.266. The Morgan fingerprint density at radius 2 is 2.06 bits per heavy atom. The van der Waals surface area contributed by atoms with Gasteiger partial charge in [0.25, 0.3) is 0 Å². The van der Waals surface area contributed by atoms with Crippen LogP contribution < -0.4 is 10.1 Å². The quantitative estimate of drug-likeness (QED) is 0.840. The van der Waals surface area contributed by atoms with Crippen LogP contribution in [0.15, 0.2) is 24.3 Å². The molecule has 0 saturated heterocycles. The average Bonchev–Trinajstić information content (AvgIpc) is 2.44. The summed E-state index contributed by atoms with van der Waals surface area (Å²) < 4.78 is 9.83. The number of benzene rings is 1. The first-order valence-corrected chi connectivity index (χ1v) is 5.44. The summed E-state index contributed by atoms with van der Waals surface area (Å²) in [7, 11) is 4.71. The highest BCUT2D eigenvalue weighted by Crippen LogP contribution is 2.26. The van der Waals surface area contributed by atoms with E-state index in [2.05, 4.69) is 15.0 Å². The maximum absolute atomic E-state index is 11.5. The van der Waals surface area contributed by atoms with Crippen LogP contribution in [0.5, 0.6) is 5.75 Å². The molecule has 0 aliphatic carbocycles. The molecule has 1 N–H and O–H groups in total. The van der Waals surface area contributed by atoms with Gasteiger partial charge in [0.05, 0.1) is 19.7 Å². The van der Waals surface area contributed by atoms with Crippen LogP contribution >= 0.6 is 0 Å². The van der Waals surface area contributed by atoms with Gasteiger partial charge in [-0.25, -0.2) is 9.78 Å². The van der Waals surface area contributed by atoms with Gasteiger partial charge in [-0.05, 0) is 18.2 Å². The molecule has 0 aliphatic heterocycles. The van der Waals surface area contributed by atoms with Crippen LogP contribution in [0.1, 0.15) is 10.5 Å². The maximum atomic E-state index is 11.5. The van der Waals surface area contributed by atoms with Crippen molar-refractivity contribution in [1.29, 1.82) is 0 Å². The molecule has 1 heterocycles. The molecule has 5 heteroatoms. The summed E-state index contributed by atoms with van der Waals surface area (Å²) in [5.74, 6) is 0.232. The smallest absolute Gasteiger partial charge is 0.356 e. The maximum Gasteiger partial charge on any atom is 0.356 e. The Hall–Kier alpha value is -2.30. The number of carbonyl (C=O) groups excluding carboxylic acids is 1. The van der Waals surface area contributed by atoms with Crippen LogP contribution in [0, 0.1) is 0 Å². The van der Waals surface area contributed by atoms with Gasteiger partial charge in [0, 0.05) is 24.2 Å². The van der Waals surface area contributed by atoms with Gasteiger partial charge in [-0.1, -0.05) is 0 Å². The van der Waals surface area contributed by atoms with Crippen molar-refractivity contribution in [3.05, 3.63) is 30.0 Å². The van der Waals surface area contributed by atoms with Crippen molar-refractivity contribution in [3.8, 4) is 5.75 Å². The van der Waals surface area contributed by atoms with Crippen LogP contribution in [0.2, 0.25) is 0 Å². The molecule has 94 valence electrons. The Morgan fingerprint density at radius 1 is 1.28 bits per heavy atom. The van der Waals surface area contributed by atoms with Gasteiger partial charge in [0.1, 0.15) is 5.75 Å². The fourth-order valence-corrected chi connectivity index (χ4v) is 1.75. The van der Waals surface area contributed by atoms with E-state index in [1.807, 2.05) is 12.1 Å². The normalized spacial score (nSPS) is 10.2. The first-order valence-electron chi connectivity index (χ1n) is 5.44. The highest BCUT2D eigenvalue weighted by Gasteiger charge is 2.12. The molecule has 0 fully saturated rings. The topological polar surface area (TPSA) is 60.5 Å². The van der Waals surface area contributed by atoms with E-state index in [-0.39, 0.29) is 5.69 Å². The van der Waals surface area contributed by atoms with Gasteiger partial charge in [0.2, 0.25) is 0 Å². The molecule has 0 unspecified atom stereocenters. The van der Waals surface area contributed by atoms with Gasteiger partial charge in [-0.2, -0.15) is 0 Å². The third-order valence-electron chi connectivity index (χ3n) is 2.68. The van der Waals surface area contributed by atoms with Crippen molar-refractivity contribution in [1.82, 2.24) is 4.98 Å². The number of ether oxygens (including phenoxy) is 2. The molecule has 0 bridgehead atoms. The molecule has 0 aliphatic rings. The van der Waals surface area contributed by atoms with Gasteiger partial charge < -0.3 is 14.8 Å². The molecule has 5 nitrogen and oxygen atoms in total. The van der Waals surface area contributed by atoms with Gasteiger partial charge in [0.15, 0.2) is 5.69 Å². The van der Waals surface area contributed by atoms with E-state index < -0.39 is 5.97 Å². The van der Waals surface area contributed by atoms with E-state index in [4.69, 9.17) is 4.74 Å². The number of nitrogens with zero attached hydrogens (tertiary/aromatic N) is 1. The van der Waals surface area contributed by atoms with Crippen molar-refractivity contribution in [2.24, 2.45) is 0 Å². The van der Waals surface area contributed by atoms with Crippen molar-refractivity contribution in [2.75, 3.05) is 26.6 Å². The summed E-state index contributed by atoms with van der Waals surface area (Å²) in [6.45, 7) is 0. The van der Waals surface area contributed by atoms with E-state index in [1.165, 1.54) is 7.11 Å². The third-order valence-corrected chi connectivity index (χ3v) is 2.68. The average molecular weight is 246 g/mol. The summed E-state index contributed by atoms with van der Waals surface area (Å²) in [6.07, 6.45) is 0. The van der Waals surface area contributed by atoms with Gasteiger partial charge >= 0.3 is 5.97 Å². The van der Waals surface area contributed by atoms with E-state index in [0.717, 1.165) is 11.1 Å². The number of anilines is 1. The zero-order valence-corrected chi connectivity index (χ0v) is 10.5. The first-order chi connectivity index (χ1) is 8.69. The van der Waals surface area contributed by atoms with Crippen molar-refractivity contribution in [2.45, 2.75) is 0 Å². The number of pyridine rings is 1. The van der Waals surface area contributed by atoms with Crippen LogP contribution in [0.4, 0.5) is 5.69 Å². The number of esters is 1. The zero-order chi connectivity index (χ0) is 13.1. The van der Waals surface area contributed by atoms with Crippen LogP contribution in [-0.4, -0.2) is 32.2 Å². The number of carbonyl (C=O) groups is 1. The molecule has 1 aromatic carbocycles. The Balaban J connectivity index is 2.67. The lowest BCUT2D eigenvalue weighted by atomic mass is 10.1. The Bertz CT molecular complexity index is 596. The summed E-state index contributed by atoms with van der Waals surface area (Å²) in [5, 5.41) is 3.96. The summed E-state index contributed by atoms with van der Waals surface area (Å²) in [6, 6.07) is 7.19. The molecular formula is C13H14N2O3. The molecular weight excluding hydrogens is 232 g/mol. The highest BCUT2D eigenvalue weighted by molar-refractivity contribution is 5.98. The monoisotopic (exact) mass is 246 g/mol. The largest absolute Gasteiger partial charge is 0.497 e. The summed E-state index contributed by atoms with van der Waals surface area (Å²) in [4.78, 5) is 15.8. The minimum Gasteiger partial charge on any atom is -0.497 e. The van der Waals surface area contributed by atoms with Crippen molar-refractivity contribution >= 4 is 22.6 Å². The Morgan fingerprint density at radius 3 is 2.67 bits per heavy atom. The molecule has 2 rings (SSSR count). The van der Waals surface area contributed by atoms with Crippen molar-refractivity contribution in [3.63, 3.8) is 0 Å². The number of aromatic nitrogens is 1. The second kappa shape index (κ2) is 4.91. The van der Waals surface area contributed by atoms with E-state index in [9.17, 15) is 4.79 Å². The zero-order valence-electron chi connectivity index (χ0n) is 10.5. The number of fused-ring (bicyclic) bond motifs is 1. The van der Waals surface area contributed by atoms with E-state index >= 15 is 0 Å². The molecule has 0 spiro atoms. The first kappa shape index (κ1) is 12.2. The van der Waals surface area contributed by atoms with Gasteiger partial charge in [-0.3, -0.25) is 0 Å². The lowest BCUT2D eigenvalue weighted by Crippen LogP contribution is -2.06. The Kier molecular flexibility index (Phi) is 3.32. The highest BCUT2D eigenvalue weighted by atomic mass is 16.5. The third kappa shape index (κ3) is 2.07. The number of methoxy groups -OCH3 is 2. The standard InChI is InChI=1S/C13H14N2O3/c1-14-10-7-12(13(16)18-3)15-11-6-8(17-2)4-5-9(10)11/h4-7H,1-3H3,(H,14,15). The second-order valence-corrected chi connectivity index (χ2v) is 3.68. The molecule has 0 saturated carbocycles. The molecule has 0 radical (unpaired) electrons. The number of nitrogens with one attached hydrogen (secondary N) is 1. The molecule has 2 aromatic rings. The fraction of sp³-hybridized carbons (Fsp3) is 0.231. The van der Waals surface area contributed by atoms with Crippen LogP contribution in [0.25, 0.3) is 10.9 Å². The van der Waals surface area contributed by atoms with E-state index in [1.54, 1.807) is 26.3 Å².